The van der Waals surface area contributed by atoms with Crippen LogP contribution in [0.1, 0.15) is 11.1 Å². The zero-order valence-corrected chi connectivity index (χ0v) is 17.7. The zero-order valence-electron chi connectivity index (χ0n) is 17.0. The summed E-state index contributed by atoms with van der Waals surface area (Å²) in [5.74, 6) is 0.822. The molecule has 0 bridgehead atoms. The first-order valence-electron chi connectivity index (χ1n) is 10.7. The number of fused-ring (bicyclic) bond motifs is 4. The van der Waals surface area contributed by atoms with Crippen LogP contribution in [0.25, 0.3) is 27.5 Å². The summed E-state index contributed by atoms with van der Waals surface area (Å²) in [6, 6.07) is 22.8. The van der Waals surface area contributed by atoms with Crippen molar-refractivity contribution in [1.82, 2.24) is 0 Å². The van der Waals surface area contributed by atoms with Crippen LogP contribution in [0.5, 0.6) is 0 Å². The minimum atomic E-state index is 0.409. The van der Waals surface area contributed by atoms with Crippen LogP contribution in [-0.4, -0.2) is 0 Å². The van der Waals surface area contributed by atoms with E-state index in [1.807, 2.05) is 18.2 Å². The Kier molecular flexibility index (Phi) is 4.44. The third-order valence-electron chi connectivity index (χ3n) is 6.30. The highest BCUT2D eigenvalue weighted by atomic mass is 35.5. The Labute approximate surface area is 186 Å². The SMILES string of the molecule is Clc1ccc2c(c1)oc1cccc(CC3=CC4C=CC(c5ccccc5)=CC4C=C3)c12. The molecule has 0 N–H and O–H groups in total. The lowest BCUT2D eigenvalue weighted by Gasteiger charge is -2.25. The molecule has 0 spiro atoms. The molecule has 150 valence electrons. The molecule has 2 heteroatoms. The number of rotatable bonds is 3. The lowest BCUT2D eigenvalue weighted by Crippen LogP contribution is -2.13. The Morgan fingerprint density at radius 3 is 2.52 bits per heavy atom. The van der Waals surface area contributed by atoms with E-state index >= 15 is 0 Å². The lowest BCUT2D eigenvalue weighted by atomic mass is 9.79. The van der Waals surface area contributed by atoms with Gasteiger partial charge in [-0.3, -0.25) is 0 Å². The van der Waals surface area contributed by atoms with Crippen LogP contribution in [0.15, 0.2) is 113 Å². The summed E-state index contributed by atoms with van der Waals surface area (Å²) < 4.78 is 6.06. The van der Waals surface area contributed by atoms with Crippen LogP contribution in [0, 0.1) is 11.8 Å². The van der Waals surface area contributed by atoms with Gasteiger partial charge < -0.3 is 4.42 Å². The summed E-state index contributed by atoms with van der Waals surface area (Å²) in [7, 11) is 0. The monoisotopic (exact) mass is 420 g/mol. The van der Waals surface area contributed by atoms with E-state index in [2.05, 4.69) is 85.0 Å². The molecule has 0 aliphatic heterocycles. The molecule has 2 atom stereocenters. The molecule has 0 radical (unpaired) electrons. The van der Waals surface area contributed by atoms with Gasteiger partial charge in [0.05, 0.1) is 0 Å². The van der Waals surface area contributed by atoms with Gasteiger partial charge in [0.25, 0.3) is 0 Å². The van der Waals surface area contributed by atoms with E-state index in [-0.39, 0.29) is 0 Å². The van der Waals surface area contributed by atoms with E-state index in [1.165, 1.54) is 27.7 Å². The van der Waals surface area contributed by atoms with E-state index in [0.717, 1.165) is 23.0 Å². The number of furan rings is 1. The Balaban J connectivity index is 1.31. The highest BCUT2D eigenvalue weighted by Crippen LogP contribution is 2.37. The van der Waals surface area contributed by atoms with Crippen molar-refractivity contribution in [1.29, 1.82) is 0 Å². The molecule has 6 rings (SSSR count). The van der Waals surface area contributed by atoms with Crippen LogP contribution >= 0.6 is 11.6 Å². The second-order valence-electron chi connectivity index (χ2n) is 8.31. The number of hydrogen-bond donors (Lipinski definition) is 0. The van der Waals surface area contributed by atoms with Crippen molar-refractivity contribution in [2.75, 3.05) is 0 Å². The molecule has 2 aliphatic carbocycles. The minimum absolute atomic E-state index is 0.409. The Morgan fingerprint density at radius 1 is 0.774 bits per heavy atom. The first-order chi connectivity index (χ1) is 15.2. The normalized spacial score (nSPS) is 20.0. The maximum atomic E-state index is 6.17. The molecular weight excluding hydrogens is 400 g/mol. The summed E-state index contributed by atoms with van der Waals surface area (Å²) in [6.45, 7) is 0. The van der Waals surface area contributed by atoms with Gasteiger partial charge in [0, 0.05) is 33.7 Å². The van der Waals surface area contributed by atoms with Gasteiger partial charge in [-0.15, -0.1) is 0 Å². The van der Waals surface area contributed by atoms with Crippen molar-refractivity contribution in [2.24, 2.45) is 11.8 Å². The molecule has 0 amide bonds. The van der Waals surface area contributed by atoms with Gasteiger partial charge in [-0.05, 0) is 46.9 Å². The molecule has 0 fully saturated rings. The van der Waals surface area contributed by atoms with Crippen molar-refractivity contribution in [3.05, 3.63) is 125 Å². The van der Waals surface area contributed by atoms with Gasteiger partial charge in [-0.25, -0.2) is 0 Å². The molecule has 2 unspecified atom stereocenters. The van der Waals surface area contributed by atoms with Crippen molar-refractivity contribution >= 4 is 39.1 Å². The largest absolute Gasteiger partial charge is 0.456 e. The van der Waals surface area contributed by atoms with Crippen LogP contribution in [0.4, 0.5) is 0 Å². The van der Waals surface area contributed by atoms with Crippen LogP contribution in [0.3, 0.4) is 0 Å². The van der Waals surface area contributed by atoms with Gasteiger partial charge in [0.1, 0.15) is 11.2 Å². The summed E-state index contributed by atoms with van der Waals surface area (Å²) in [5, 5.41) is 3.02. The third-order valence-corrected chi connectivity index (χ3v) is 6.54. The fourth-order valence-corrected chi connectivity index (χ4v) is 4.95. The second-order valence-corrected chi connectivity index (χ2v) is 8.75. The first kappa shape index (κ1) is 18.5. The van der Waals surface area contributed by atoms with Crippen LogP contribution in [0.2, 0.25) is 5.02 Å². The van der Waals surface area contributed by atoms with Crippen molar-refractivity contribution in [3.8, 4) is 0 Å². The molecule has 3 aromatic carbocycles. The summed E-state index contributed by atoms with van der Waals surface area (Å²) >= 11 is 6.17. The van der Waals surface area contributed by atoms with Crippen LogP contribution in [-0.2, 0) is 6.42 Å². The van der Waals surface area contributed by atoms with E-state index in [4.69, 9.17) is 16.0 Å². The molecule has 1 heterocycles. The minimum Gasteiger partial charge on any atom is -0.456 e. The summed E-state index contributed by atoms with van der Waals surface area (Å²) in [5.41, 5.74) is 6.97. The zero-order chi connectivity index (χ0) is 20.8. The second kappa shape index (κ2) is 7.44. The van der Waals surface area contributed by atoms with Gasteiger partial charge in [-0.2, -0.15) is 0 Å². The topological polar surface area (TPSA) is 13.1 Å². The summed E-state index contributed by atoms with van der Waals surface area (Å²) in [6.07, 6.45) is 14.9. The van der Waals surface area contributed by atoms with Crippen LogP contribution < -0.4 is 0 Å². The smallest absolute Gasteiger partial charge is 0.136 e. The predicted octanol–water partition coefficient (Wildman–Crippen LogP) is 8.16. The Bertz CT molecular complexity index is 1420. The lowest BCUT2D eigenvalue weighted by molar-refractivity contribution is 0.654. The van der Waals surface area contributed by atoms with Gasteiger partial charge in [0.15, 0.2) is 0 Å². The molecule has 1 nitrogen and oxygen atoms in total. The fourth-order valence-electron chi connectivity index (χ4n) is 4.79. The molecular formula is C29H21ClO. The fraction of sp³-hybridized carbons (Fsp3) is 0.103. The number of hydrogen-bond acceptors (Lipinski definition) is 1. The number of halogens is 1. The molecule has 0 saturated carbocycles. The first-order valence-corrected chi connectivity index (χ1v) is 11.1. The maximum Gasteiger partial charge on any atom is 0.136 e. The molecule has 1 aromatic heterocycles. The van der Waals surface area contributed by atoms with Crippen molar-refractivity contribution in [3.63, 3.8) is 0 Å². The average molecular weight is 421 g/mol. The molecule has 4 aromatic rings. The molecule has 0 saturated heterocycles. The highest BCUT2D eigenvalue weighted by molar-refractivity contribution is 6.31. The number of benzene rings is 3. The quantitative estimate of drug-likeness (QED) is 0.325. The molecule has 2 aliphatic rings. The predicted molar refractivity (Wildman–Crippen MR) is 130 cm³/mol. The van der Waals surface area contributed by atoms with E-state index in [0.29, 0.717) is 16.9 Å². The maximum absolute atomic E-state index is 6.17. The Morgan fingerprint density at radius 2 is 1.61 bits per heavy atom. The highest BCUT2D eigenvalue weighted by Gasteiger charge is 2.21. The van der Waals surface area contributed by atoms with Gasteiger partial charge in [0.2, 0.25) is 0 Å². The summed E-state index contributed by atoms with van der Waals surface area (Å²) in [4.78, 5) is 0. The molecule has 31 heavy (non-hydrogen) atoms. The standard InChI is InChI=1S/C29H21ClO/c30-25-13-14-26-28(18-25)31-27-8-4-7-24(29(26)27)16-19-9-10-23-17-22(12-11-21(23)15-19)20-5-2-1-3-6-20/h1-15,17-18,21,23H,16H2. The van der Waals surface area contributed by atoms with Crippen molar-refractivity contribution in [2.45, 2.75) is 6.42 Å². The van der Waals surface area contributed by atoms with Gasteiger partial charge in [-0.1, -0.05) is 90.5 Å². The van der Waals surface area contributed by atoms with E-state index in [1.54, 1.807) is 0 Å². The third kappa shape index (κ3) is 3.36. The number of allylic oxidation sites excluding steroid dienone is 8. The van der Waals surface area contributed by atoms with E-state index < -0.39 is 0 Å². The van der Waals surface area contributed by atoms with Crippen molar-refractivity contribution < 1.29 is 4.42 Å². The Hall–Kier alpha value is -3.29. The average Bonchev–Trinajstić information content (AvgIpc) is 3.18. The van der Waals surface area contributed by atoms with E-state index in [9.17, 15) is 0 Å². The van der Waals surface area contributed by atoms with Gasteiger partial charge >= 0.3 is 0 Å².